The van der Waals surface area contributed by atoms with E-state index in [2.05, 4.69) is 31.1 Å². The second-order valence-corrected chi connectivity index (χ2v) is 9.06. The fraction of sp³-hybridized carbons (Fsp3) is 0.111. The molecule has 0 bridgehead atoms. The first-order chi connectivity index (χ1) is 14.5. The summed E-state index contributed by atoms with van der Waals surface area (Å²) in [5.74, 6) is -1.73. The average molecular weight is 521 g/mol. The molecule has 3 heterocycles. The van der Waals surface area contributed by atoms with Crippen molar-refractivity contribution < 1.29 is 30.4 Å². The summed E-state index contributed by atoms with van der Waals surface area (Å²) in [5, 5.41) is 6.44. The van der Waals surface area contributed by atoms with Gasteiger partial charge in [-0.1, -0.05) is 0 Å². The Morgan fingerprint density at radius 1 is 1.06 bits per heavy atom. The van der Waals surface area contributed by atoms with Crippen LogP contribution in [0.1, 0.15) is 28.6 Å². The molecule has 0 amide bonds. The molecule has 3 aromatic rings. The SMILES string of the molecule is O=S(=O)(c1ccc(C(F)(F)F)nc1)N1C=Cc2[nH]ncc2C1c1c(F)ccc(F)c1Br. The molecule has 4 rings (SSSR count). The van der Waals surface area contributed by atoms with Crippen LogP contribution in [-0.4, -0.2) is 27.9 Å². The molecule has 0 spiro atoms. The Balaban J connectivity index is 1.88. The Bertz CT molecular complexity index is 1290. The smallest absolute Gasteiger partial charge is 0.278 e. The molecule has 1 N–H and O–H groups in total. The van der Waals surface area contributed by atoms with Crippen LogP contribution >= 0.6 is 15.9 Å². The lowest BCUT2D eigenvalue weighted by Gasteiger charge is -2.33. The zero-order valence-electron chi connectivity index (χ0n) is 15.0. The molecule has 13 heteroatoms. The number of rotatable bonds is 3. The third-order valence-electron chi connectivity index (χ3n) is 4.59. The minimum atomic E-state index is -4.75. The number of aromatic nitrogens is 3. The van der Waals surface area contributed by atoms with Gasteiger partial charge in [-0.3, -0.25) is 14.4 Å². The minimum Gasteiger partial charge on any atom is -0.278 e. The van der Waals surface area contributed by atoms with Crippen molar-refractivity contribution in [3.63, 3.8) is 0 Å². The van der Waals surface area contributed by atoms with Gasteiger partial charge in [-0.15, -0.1) is 0 Å². The van der Waals surface area contributed by atoms with Crippen molar-refractivity contribution in [2.24, 2.45) is 0 Å². The van der Waals surface area contributed by atoms with Crippen molar-refractivity contribution in [1.29, 1.82) is 0 Å². The number of alkyl halides is 3. The van der Waals surface area contributed by atoms with E-state index in [1.54, 1.807) is 0 Å². The first-order valence-corrected chi connectivity index (χ1v) is 10.7. The highest BCUT2D eigenvalue weighted by atomic mass is 79.9. The number of fused-ring (bicyclic) bond motifs is 1. The van der Waals surface area contributed by atoms with E-state index in [0.29, 0.717) is 18.0 Å². The fourth-order valence-electron chi connectivity index (χ4n) is 3.15. The summed E-state index contributed by atoms with van der Waals surface area (Å²) in [6.07, 6.45) is -0.496. The van der Waals surface area contributed by atoms with Crippen molar-refractivity contribution >= 4 is 32.0 Å². The third-order valence-corrected chi connectivity index (χ3v) is 7.12. The van der Waals surface area contributed by atoms with E-state index in [1.165, 1.54) is 12.3 Å². The van der Waals surface area contributed by atoms with Gasteiger partial charge in [0.2, 0.25) is 0 Å². The number of hydrogen-bond acceptors (Lipinski definition) is 4. The molecule has 2 aromatic heterocycles. The summed E-state index contributed by atoms with van der Waals surface area (Å²) >= 11 is 2.96. The average Bonchev–Trinajstić information content (AvgIpc) is 3.19. The van der Waals surface area contributed by atoms with Gasteiger partial charge >= 0.3 is 6.18 Å². The van der Waals surface area contributed by atoms with Crippen molar-refractivity contribution in [2.75, 3.05) is 0 Å². The number of H-pyrrole nitrogens is 1. The van der Waals surface area contributed by atoms with Gasteiger partial charge in [-0.05, 0) is 46.3 Å². The van der Waals surface area contributed by atoms with Crippen molar-refractivity contribution in [3.05, 3.63) is 81.5 Å². The lowest BCUT2D eigenvalue weighted by molar-refractivity contribution is -0.141. The molecule has 1 atom stereocenters. The standard InChI is InChI=1S/C18H10BrF5N4O2S/c19-16-12(21)3-2-11(20)15(16)17-10-8-26-27-13(10)5-6-28(17)31(29,30)9-1-4-14(25-7-9)18(22,23)24/h1-8,17H,(H,26,27). The maximum Gasteiger partial charge on any atom is 0.433 e. The summed E-state index contributed by atoms with van der Waals surface area (Å²) in [6, 6.07) is 1.60. The number of aromatic amines is 1. The van der Waals surface area contributed by atoms with Crippen LogP contribution in [0.2, 0.25) is 0 Å². The molecule has 1 aliphatic rings. The molecule has 0 saturated heterocycles. The number of sulfonamides is 1. The van der Waals surface area contributed by atoms with E-state index in [1.807, 2.05) is 0 Å². The first-order valence-electron chi connectivity index (χ1n) is 8.43. The van der Waals surface area contributed by atoms with E-state index in [9.17, 15) is 30.4 Å². The lowest BCUT2D eigenvalue weighted by atomic mass is 9.96. The molecule has 6 nitrogen and oxygen atoms in total. The number of pyridine rings is 1. The number of halogens is 6. The van der Waals surface area contributed by atoms with E-state index in [0.717, 1.165) is 28.7 Å². The molecule has 0 aliphatic carbocycles. The molecule has 0 saturated carbocycles. The predicted octanol–water partition coefficient (Wildman–Crippen LogP) is 4.63. The van der Waals surface area contributed by atoms with Crippen LogP contribution in [0.25, 0.3) is 6.08 Å². The van der Waals surface area contributed by atoms with Crippen molar-refractivity contribution in [1.82, 2.24) is 19.5 Å². The highest BCUT2D eigenvalue weighted by molar-refractivity contribution is 9.10. The quantitative estimate of drug-likeness (QED) is 0.403. The van der Waals surface area contributed by atoms with E-state index < -0.39 is 44.5 Å². The Morgan fingerprint density at radius 2 is 1.77 bits per heavy atom. The van der Waals surface area contributed by atoms with Gasteiger partial charge in [0, 0.05) is 23.5 Å². The number of hydrogen-bond donors (Lipinski definition) is 1. The van der Waals surface area contributed by atoms with Gasteiger partial charge in [-0.2, -0.15) is 18.3 Å². The predicted molar refractivity (Wildman–Crippen MR) is 102 cm³/mol. The normalized spacial score (nSPS) is 16.5. The highest BCUT2D eigenvalue weighted by Gasteiger charge is 2.39. The Kier molecular flexibility index (Phi) is 5.12. The fourth-order valence-corrected chi connectivity index (χ4v) is 5.07. The monoisotopic (exact) mass is 520 g/mol. The first kappa shape index (κ1) is 21.4. The van der Waals surface area contributed by atoms with E-state index >= 15 is 0 Å². The van der Waals surface area contributed by atoms with Crippen LogP contribution in [0.4, 0.5) is 22.0 Å². The lowest BCUT2D eigenvalue weighted by Crippen LogP contribution is -2.34. The van der Waals surface area contributed by atoms with Gasteiger partial charge < -0.3 is 0 Å². The summed E-state index contributed by atoms with van der Waals surface area (Å²) < 4.78 is 94.2. The Labute approximate surface area is 180 Å². The molecule has 1 aromatic carbocycles. The minimum absolute atomic E-state index is 0.219. The van der Waals surface area contributed by atoms with Crippen LogP contribution < -0.4 is 0 Å². The summed E-state index contributed by atoms with van der Waals surface area (Å²) in [4.78, 5) is 2.62. The Hall–Kier alpha value is -2.80. The third kappa shape index (κ3) is 3.61. The zero-order valence-corrected chi connectivity index (χ0v) is 17.4. The molecule has 1 unspecified atom stereocenters. The number of nitrogens with zero attached hydrogens (tertiary/aromatic N) is 3. The maximum absolute atomic E-state index is 14.8. The van der Waals surface area contributed by atoms with E-state index in [-0.39, 0.29) is 15.6 Å². The highest BCUT2D eigenvalue weighted by Crippen LogP contribution is 2.42. The van der Waals surface area contributed by atoms with Crippen LogP contribution in [0.15, 0.2) is 52.2 Å². The second kappa shape index (κ2) is 7.41. The van der Waals surface area contributed by atoms with Gasteiger partial charge in [0.1, 0.15) is 28.3 Å². The summed E-state index contributed by atoms with van der Waals surface area (Å²) in [5.41, 5.74) is -1.02. The number of nitrogens with one attached hydrogen (secondary N) is 1. The molecule has 31 heavy (non-hydrogen) atoms. The summed E-state index contributed by atoms with van der Waals surface area (Å²) in [7, 11) is -4.52. The summed E-state index contributed by atoms with van der Waals surface area (Å²) in [6.45, 7) is 0. The maximum atomic E-state index is 14.8. The molecule has 162 valence electrons. The zero-order chi connectivity index (χ0) is 22.6. The Morgan fingerprint density at radius 3 is 2.42 bits per heavy atom. The van der Waals surface area contributed by atoms with Gasteiger partial charge in [-0.25, -0.2) is 17.2 Å². The van der Waals surface area contributed by atoms with Crippen molar-refractivity contribution in [2.45, 2.75) is 17.1 Å². The second-order valence-electron chi connectivity index (χ2n) is 6.43. The van der Waals surface area contributed by atoms with Crippen LogP contribution in [0, 0.1) is 11.6 Å². The van der Waals surface area contributed by atoms with Crippen LogP contribution in [0.5, 0.6) is 0 Å². The van der Waals surface area contributed by atoms with Crippen molar-refractivity contribution in [3.8, 4) is 0 Å². The molecular formula is C18H10BrF5N4O2S. The van der Waals surface area contributed by atoms with Crippen LogP contribution in [0.3, 0.4) is 0 Å². The molecular weight excluding hydrogens is 511 g/mol. The van der Waals surface area contributed by atoms with Gasteiger partial charge in [0.05, 0.1) is 16.4 Å². The molecule has 1 aliphatic heterocycles. The largest absolute Gasteiger partial charge is 0.433 e. The van der Waals surface area contributed by atoms with E-state index in [4.69, 9.17) is 0 Å². The molecule has 0 radical (unpaired) electrons. The van der Waals surface area contributed by atoms with Gasteiger partial charge in [0.15, 0.2) is 0 Å². The number of benzene rings is 1. The topological polar surface area (TPSA) is 79.0 Å². The van der Waals surface area contributed by atoms with Gasteiger partial charge in [0.25, 0.3) is 10.0 Å². The molecule has 0 fully saturated rings. The van der Waals surface area contributed by atoms with Crippen LogP contribution in [-0.2, 0) is 16.2 Å².